The molecule has 8 nitrogen and oxygen atoms in total. The number of hydrogen-bond acceptors (Lipinski definition) is 7. The number of ether oxygens (including phenoxy) is 1. The first-order valence-electron chi connectivity index (χ1n) is 10.3. The minimum Gasteiger partial charge on any atom is -0.508 e. The minimum atomic E-state index is -1.17. The van der Waals surface area contributed by atoms with Crippen molar-refractivity contribution in [2.45, 2.75) is 31.8 Å². The number of aromatic hydroxyl groups is 1. The fraction of sp³-hybridized carbons (Fsp3) is 0.208. The number of thiophene rings is 1. The number of aryl methyl sites for hydroxylation is 1. The van der Waals surface area contributed by atoms with Gasteiger partial charge in [0.1, 0.15) is 16.7 Å². The van der Waals surface area contributed by atoms with Crippen molar-refractivity contribution in [2.24, 2.45) is 5.73 Å². The molecule has 178 valence electrons. The van der Waals surface area contributed by atoms with Gasteiger partial charge in [-0.15, -0.1) is 11.3 Å². The highest BCUT2D eigenvalue weighted by atomic mass is 32.1. The van der Waals surface area contributed by atoms with Crippen molar-refractivity contribution in [3.63, 3.8) is 0 Å². The zero-order chi connectivity index (χ0) is 24.7. The number of phenolic OH excluding ortho intramolecular Hbond substituents is 1. The number of esters is 1. The first-order chi connectivity index (χ1) is 16.2. The third kappa shape index (κ3) is 6.87. The van der Waals surface area contributed by atoms with E-state index in [1.807, 2.05) is 0 Å². The number of nitrogens with one attached hydrogen (secondary N) is 1. The number of carboxylic acids is 1. The molecule has 1 aromatic heterocycles. The van der Waals surface area contributed by atoms with E-state index in [4.69, 9.17) is 10.5 Å². The Hall–Kier alpha value is -3.76. The lowest BCUT2D eigenvalue weighted by Crippen LogP contribution is -2.42. The van der Waals surface area contributed by atoms with E-state index in [9.17, 15) is 29.0 Å². The lowest BCUT2D eigenvalue weighted by molar-refractivity contribution is -0.141. The Morgan fingerprint density at radius 2 is 1.76 bits per heavy atom. The van der Waals surface area contributed by atoms with Gasteiger partial charge in [-0.1, -0.05) is 18.2 Å². The Labute approximate surface area is 198 Å². The Morgan fingerprint density at radius 1 is 1.06 bits per heavy atom. The van der Waals surface area contributed by atoms with Crippen LogP contribution in [-0.4, -0.2) is 34.1 Å². The van der Waals surface area contributed by atoms with Crippen molar-refractivity contribution >= 4 is 29.2 Å². The predicted octanol–water partition coefficient (Wildman–Crippen LogP) is 3.02. The van der Waals surface area contributed by atoms with Crippen LogP contribution in [0.3, 0.4) is 0 Å². The molecule has 0 bridgehead atoms. The van der Waals surface area contributed by atoms with Gasteiger partial charge in [-0.05, 0) is 53.9 Å². The molecule has 1 atom stereocenters. The summed E-state index contributed by atoms with van der Waals surface area (Å²) < 4.78 is 19.1. The summed E-state index contributed by atoms with van der Waals surface area (Å²) in [6.45, 7) is 0.164. The maximum Gasteiger partial charge on any atom is 0.353 e. The molecule has 3 rings (SSSR count). The van der Waals surface area contributed by atoms with Gasteiger partial charge in [0.2, 0.25) is 5.91 Å². The fourth-order valence-electron chi connectivity index (χ4n) is 3.10. The molecular weight excluding hydrogens is 463 g/mol. The van der Waals surface area contributed by atoms with Crippen LogP contribution >= 0.6 is 11.3 Å². The lowest BCUT2D eigenvalue weighted by atomic mass is 10.1. The van der Waals surface area contributed by atoms with Crippen molar-refractivity contribution < 1.29 is 33.7 Å². The molecule has 0 spiro atoms. The highest BCUT2D eigenvalue weighted by Gasteiger charge is 2.21. The molecule has 3 aromatic rings. The summed E-state index contributed by atoms with van der Waals surface area (Å²) in [6, 6.07) is 12.2. The van der Waals surface area contributed by atoms with Gasteiger partial charge in [0.25, 0.3) is 0 Å². The van der Waals surface area contributed by atoms with Crippen LogP contribution in [0, 0.1) is 5.82 Å². The minimum absolute atomic E-state index is 0.0174. The molecule has 5 N–H and O–H groups in total. The molecule has 0 saturated heterocycles. The van der Waals surface area contributed by atoms with Gasteiger partial charge in [0.15, 0.2) is 11.6 Å². The van der Waals surface area contributed by atoms with Crippen LogP contribution in [0.1, 0.15) is 32.1 Å². The van der Waals surface area contributed by atoms with Gasteiger partial charge in [0, 0.05) is 24.3 Å². The third-order valence-corrected chi connectivity index (χ3v) is 6.03. The van der Waals surface area contributed by atoms with Gasteiger partial charge >= 0.3 is 11.9 Å². The summed E-state index contributed by atoms with van der Waals surface area (Å²) in [7, 11) is 0. The summed E-state index contributed by atoms with van der Waals surface area (Å²) in [5.41, 5.74) is 6.68. The van der Waals surface area contributed by atoms with Gasteiger partial charge in [-0.25, -0.2) is 14.0 Å². The predicted molar refractivity (Wildman–Crippen MR) is 123 cm³/mol. The largest absolute Gasteiger partial charge is 0.508 e. The summed E-state index contributed by atoms with van der Waals surface area (Å²) in [5.74, 6) is -3.18. The van der Waals surface area contributed by atoms with Crippen molar-refractivity contribution in [3.05, 3.63) is 81.3 Å². The molecule has 0 saturated carbocycles. The van der Waals surface area contributed by atoms with Gasteiger partial charge in [0.05, 0.1) is 0 Å². The van der Waals surface area contributed by atoms with E-state index < -0.39 is 29.7 Å². The zero-order valence-corrected chi connectivity index (χ0v) is 18.8. The monoisotopic (exact) mass is 486 g/mol. The average Bonchev–Trinajstić information content (AvgIpc) is 3.29. The number of benzene rings is 2. The Bertz CT molecular complexity index is 1180. The maximum absolute atomic E-state index is 14.0. The van der Waals surface area contributed by atoms with Gasteiger partial charge in [-0.3, -0.25) is 4.79 Å². The quantitative estimate of drug-likeness (QED) is 0.255. The van der Waals surface area contributed by atoms with Crippen LogP contribution < -0.4 is 15.8 Å². The molecule has 0 radical (unpaired) electrons. The number of aliphatic carboxylic acids is 1. The first-order valence-corrected chi connectivity index (χ1v) is 11.2. The zero-order valence-electron chi connectivity index (χ0n) is 18.0. The summed E-state index contributed by atoms with van der Waals surface area (Å²) >= 11 is 1.11. The van der Waals surface area contributed by atoms with E-state index in [1.54, 1.807) is 24.3 Å². The van der Waals surface area contributed by atoms with Crippen LogP contribution in [0.2, 0.25) is 0 Å². The summed E-state index contributed by atoms with van der Waals surface area (Å²) in [6.07, 6.45) is 0.373. The molecule has 0 aliphatic rings. The summed E-state index contributed by atoms with van der Waals surface area (Å²) in [5, 5.41) is 21.2. The molecule has 1 heterocycles. The van der Waals surface area contributed by atoms with Crippen molar-refractivity contribution in [1.82, 2.24) is 5.32 Å². The van der Waals surface area contributed by atoms with Gasteiger partial charge < -0.3 is 26.0 Å². The van der Waals surface area contributed by atoms with E-state index in [2.05, 4.69) is 5.32 Å². The highest BCUT2D eigenvalue weighted by Crippen LogP contribution is 2.23. The van der Waals surface area contributed by atoms with E-state index in [-0.39, 0.29) is 42.2 Å². The maximum atomic E-state index is 14.0. The number of carbonyl (C=O) groups excluding carboxylic acids is 2. The number of carbonyl (C=O) groups is 3. The number of phenols is 1. The van der Waals surface area contributed by atoms with E-state index in [0.29, 0.717) is 16.0 Å². The molecule has 0 fully saturated rings. The fourth-order valence-corrected chi connectivity index (χ4v) is 3.98. The molecule has 0 aliphatic carbocycles. The SMILES string of the molecule is NCc1ccc(OC(=O)c2ccc(CCC(=O)N[C@@H](Cc3ccc(O)cc3)C(=O)O)s2)c(F)c1. The van der Waals surface area contributed by atoms with Crippen LogP contribution in [0.5, 0.6) is 11.5 Å². The number of rotatable bonds is 10. The van der Waals surface area contributed by atoms with Crippen LogP contribution in [-0.2, 0) is 29.0 Å². The third-order valence-electron chi connectivity index (χ3n) is 4.91. The molecule has 10 heteroatoms. The average molecular weight is 487 g/mol. The van der Waals surface area contributed by atoms with E-state index in [1.165, 1.54) is 30.3 Å². The van der Waals surface area contributed by atoms with Crippen molar-refractivity contribution in [2.75, 3.05) is 0 Å². The number of nitrogens with two attached hydrogens (primary N) is 1. The normalized spacial score (nSPS) is 11.6. The lowest BCUT2D eigenvalue weighted by Gasteiger charge is -2.14. The molecule has 0 aliphatic heterocycles. The Balaban J connectivity index is 1.53. The Morgan fingerprint density at radius 3 is 2.41 bits per heavy atom. The molecule has 2 aromatic carbocycles. The summed E-state index contributed by atoms with van der Waals surface area (Å²) in [4.78, 5) is 37.1. The Kier molecular flexibility index (Phi) is 8.34. The molecule has 1 amide bonds. The molecule has 0 unspecified atom stereocenters. The first kappa shape index (κ1) is 24.9. The van der Waals surface area contributed by atoms with Crippen molar-refractivity contribution in [1.29, 1.82) is 0 Å². The van der Waals surface area contributed by atoms with Crippen LogP contribution in [0.4, 0.5) is 4.39 Å². The second-order valence-corrected chi connectivity index (χ2v) is 8.62. The number of carboxylic acid groups (broad SMARTS) is 1. The van der Waals surface area contributed by atoms with Crippen LogP contribution in [0.15, 0.2) is 54.6 Å². The molecular formula is C24H23FN2O6S. The highest BCUT2D eigenvalue weighted by molar-refractivity contribution is 7.13. The van der Waals surface area contributed by atoms with Gasteiger partial charge in [-0.2, -0.15) is 0 Å². The number of amides is 1. The number of hydrogen-bond donors (Lipinski definition) is 4. The van der Waals surface area contributed by atoms with E-state index >= 15 is 0 Å². The van der Waals surface area contributed by atoms with Crippen molar-refractivity contribution in [3.8, 4) is 11.5 Å². The standard InChI is InChI=1S/C24H23FN2O6S/c25-18-11-15(13-26)3-8-20(18)33-24(32)21-9-6-17(34-21)7-10-22(29)27-19(23(30)31)12-14-1-4-16(28)5-2-14/h1-6,8-9,11,19,28H,7,10,12-13,26H2,(H,27,29)(H,30,31)/t19-/m0/s1. The molecule has 34 heavy (non-hydrogen) atoms. The smallest absolute Gasteiger partial charge is 0.353 e. The van der Waals surface area contributed by atoms with Crippen LogP contribution in [0.25, 0.3) is 0 Å². The topological polar surface area (TPSA) is 139 Å². The number of halogens is 1. The second kappa shape index (κ2) is 11.4. The second-order valence-electron chi connectivity index (χ2n) is 7.45. The van der Waals surface area contributed by atoms with E-state index in [0.717, 1.165) is 11.3 Å².